The van der Waals surface area contributed by atoms with Crippen LogP contribution in [0.1, 0.15) is 16.8 Å². The van der Waals surface area contributed by atoms with Gasteiger partial charge >= 0.3 is 0 Å². The number of benzene rings is 1. The average Bonchev–Trinajstić information content (AvgIpc) is 2.74. The van der Waals surface area contributed by atoms with Crippen LogP contribution in [0, 0.1) is 0 Å². The SMILES string of the molecule is CN=C(NCc1ccnc(OCc2ccccc2)c1)NCc1ccccn1. The summed E-state index contributed by atoms with van der Waals surface area (Å²) in [6.07, 6.45) is 3.53. The summed E-state index contributed by atoms with van der Waals surface area (Å²) in [5.41, 5.74) is 3.14. The maximum Gasteiger partial charge on any atom is 0.213 e. The molecule has 0 amide bonds. The molecule has 3 rings (SSSR count). The zero-order valence-corrected chi connectivity index (χ0v) is 15.3. The molecule has 0 atom stereocenters. The van der Waals surface area contributed by atoms with Crippen LogP contribution < -0.4 is 15.4 Å². The minimum Gasteiger partial charge on any atom is -0.473 e. The summed E-state index contributed by atoms with van der Waals surface area (Å²) in [5.74, 6) is 1.32. The Labute approximate surface area is 159 Å². The summed E-state index contributed by atoms with van der Waals surface area (Å²) in [5, 5.41) is 6.53. The van der Waals surface area contributed by atoms with Gasteiger partial charge in [0.25, 0.3) is 0 Å². The standard InChI is InChI=1S/C21H23N5O/c1-22-21(26-15-19-9-5-6-11-23-19)25-14-18-10-12-24-20(13-18)27-16-17-7-3-2-4-8-17/h2-13H,14-16H2,1H3,(H2,22,25,26). The Morgan fingerprint density at radius 1 is 0.889 bits per heavy atom. The molecule has 3 aromatic rings. The zero-order valence-electron chi connectivity index (χ0n) is 15.3. The number of rotatable bonds is 7. The van der Waals surface area contributed by atoms with Crippen molar-refractivity contribution in [1.82, 2.24) is 20.6 Å². The van der Waals surface area contributed by atoms with E-state index in [9.17, 15) is 0 Å². The van der Waals surface area contributed by atoms with E-state index in [-0.39, 0.29) is 0 Å². The molecule has 0 unspecified atom stereocenters. The number of aliphatic imine (C=N–C) groups is 1. The van der Waals surface area contributed by atoms with E-state index in [1.165, 1.54) is 0 Å². The molecular formula is C21H23N5O. The highest BCUT2D eigenvalue weighted by atomic mass is 16.5. The van der Waals surface area contributed by atoms with Gasteiger partial charge in [-0.1, -0.05) is 36.4 Å². The van der Waals surface area contributed by atoms with Gasteiger partial charge in [0.05, 0.1) is 12.2 Å². The Balaban J connectivity index is 1.49. The lowest BCUT2D eigenvalue weighted by Crippen LogP contribution is -2.36. The molecule has 0 radical (unpaired) electrons. The van der Waals surface area contributed by atoms with Crippen LogP contribution in [-0.4, -0.2) is 23.0 Å². The molecule has 6 nitrogen and oxygen atoms in total. The van der Waals surface area contributed by atoms with Crippen LogP contribution in [0.4, 0.5) is 0 Å². The molecule has 0 aliphatic heterocycles. The second-order valence-corrected chi connectivity index (χ2v) is 5.88. The zero-order chi connectivity index (χ0) is 18.7. The highest BCUT2D eigenvalue weighted by molar-refractivity contribution is 5.79. The molecule has 0 fully saturated rings. The normalized spacial score (nSPS) is 11.1. The fourth-order valence-electron chi connectivity index (χ4n) is 2.45. The molecular weight excluding hydrogens is 338 g/mol. The Bertz CT molecular complexity index is 853. The maximum absolute atomic E-state index is 5.78. The molecule has 6 heteroatoms. The molecule has 0 bridgehead atoms. The van der Waals surface area contributed by atoms with Crippen LogP contribution in [0.3, 0.4) is 0 Å². The first-order chi connectivity index (χ1) is 13.3. The van der Waals surface area contributed by atoms with Gasteiger partial charge in [0, 0.05) is 32.1 Å². The van der Waals surface area contributed by atoms with E-state index in [2.05, 4.69) is 25.6 Å². The van der Waals surface area contributed by atoms with Gasteiger partial charge < -0.3 is 15.4 Å². The van der Waals surface area contributed by atoms with Crippen LogP contribution in [-0.2, 0) is 19.7 Å². The molecule has 2 aromatic heterocycles. The predicted molar refractivity (Wildman–Crippen MR) is 106 cm³/mol. The summed E-state index contributed by atoms with van der Waals surface area (Å²) < 4.78 is 5.78. The van der Waals surface area contributed by atoms with Gasteiger partial charge in [0.15, 0.2) is 5.96 Å². The largest absolute Gasteiger partial charge is 0.473 e. The first kappa shape index (κ1) is 18.4. The number of nitrogens with zero attached hydrogens (tertiary/aromatic N) is 3. The van der Waals surface area contributed by atoms with Gasteiger partial charge in [0.2, 0.25) is 5.88 Å². The van der Waals surface area contributed by atoms with Gasteiger partial charge in [-0.05, 0) is 29.3 Å². The first-order valence-electron chi connectivity index (χ1n) is 8.79. The van der Waals surface area contributed by atoms with Crippen molar-refractivity contribution in [2.75, 3.05) is 7.05 Å². The van der Waals surface area contributed by atoms with Crippen molar-refractivity contribution < 1.29 is 4.74 Å². The predicted octanol–water partition coefficient (Wildman–Crippen LogP) is 2.92. The van der Waals surface area contributed by atoms with E-state index >= 15 is 0 Å². The lowest BCUT2D eigenvalue weighted by molar-refractivity contribution is 0.293. The number of aromatic nitrogens is 2. The van der Waals surface area contributed by atoms with Crippen molar-refractivity contribution in [3.63, 3.8) is 0 Å². The Hall–Kier alpha value is -3.41. The van der Waals surface area contributed by atoms with Crippen molar-refractivity contribution in [1.29, 1.82) is 0 Å². The molecule has 2 heterocycles. The van der Waals surface area contributed by atoms with Gasteiger partial charge in [-0.2, -0.15) is 0 Å². The van der Waals surface area contributed by atoms with Crippen molar-refractivity contribution in [3.05, 3.63) is 89.9 Å². The van der Waals surface area contributed by atoms with E-state index in [1.54, 1.807) is 19.4 Å². The van der Waals surface area contributed by atoms with Crippen LogP contribution in [0.2, 0.25) is 0 Å². The quantitative estimate of drug-likeness (QED) is 0.500. The lowest BCUT2D eigenvalue weighted by Gasteiger charge is -2.12. The summed E-state index contributed by atoms with van der Waals surface area (Å²) in [6, 6.07) is 19.8. The third-order valence-electron chi connectivity index (χ3n) is 3.88. The second-order valence-electron chi connectivity index (χ2n) is 5.88. The number of ether oxygens (including phenoxy) is 1. The number of hydrogen-bond acceptors (Lipinski definition) is 4. The van der Waals surface area contributed by atoms with E-state index in [1.807, 2.05) is 60.7 Å². The monoisotopic (exact) mass is 361 g/mol. The van der Waals surface area contributed by atoms with E-state index in [0.717, 1.165) is 16.8 Å². The summed E-state index contributed by atoms with van der Waals surface area (Å²) in [6.45, 7) is 1.73. The summed E-state index contributed by atoms with van der Waals surface area (Å²) in [4.78, 5) is 12.8. The lowest BCUT2D eigenvalue weighted by atomic mass is 10.2. The number of nitrogens with one attached hydrogen (secondary N) is 2. The van der Waals surface area contributed by atoms with E-state index < -0.39 is 0 Å². The fraction of sp³-hybridized carbons (Fsp3) is 0.190. The molecule has 0 aliphatic rings. The highest BCUT2D eigenvalue weighted by Crippen LogP contribution is 2.11. The molecule has 2 N–H and O–H groups in total. The Morgan fingerprint density at radius 2 is 1.70 bits per heavy atom. The van der Waals surface area contributed by atoms with Crippen LogP contribution in [0.5, 0.6) is 5.88 Å². The van der Waals surface area contributed by atoms with Gasteiger partial charge in [0.1, 0.15) is 6.61 Å². The topological polar surface area (TPSA) is 71.4 Å². The molecule has 1 aromatic carbocycles. The highest BCUT2D eigenvalue weighted by Gasteiger charge is 2.02. The third kappa shape index (κ3) is 6.11. The van der Waals surface area contributed by atoms with Gasteiger partial charge in [-0.25, -0.2) is 4.98 Å². The minimum absolute atomic E-state index is 0.498. The van der Waals surface area contributed by atoms with Crippen LogP contribution in [0.25, 0.3) is 0 Å². The Morgan fingerprint density at radius 3 is 2.48 bits per heavy atom. The molecule has 0 spiro atoms. The summed E-state index contributed by atoms with van der Waals surface area (Å²) >= 11 is 0. The number of pyridine rings is 2. The van der Waals surface area contributed by atoms with Crippen molar-refractivity contribution in [2.24, 2.45) is 4.99 Å². The van der Waals surface area contributed by atoms with E-state index in [4.69, 9.17) is 4.74 Å². The van der Waals surface area contributed by atoms with Gasteiger partial charge in [-0.15, -0.1) is 0 Å². The van der Waals surface area contributed by atoms with Crippen molar-refractivity contribution in [3.8, 4) is 5.88 Å². The minimum atomic E-state index is 0.498. The molecule has 0 saturated carbocycles. The number of guanidine groups is 1. The second kappa shape index (κ2) is 9.91. The third-order valence-corrected chi connectivity index (χ3v) is 3.88. The van der Waals surface area contributed by atoms with Crippen LogP contribution >= 0.6 is 0 Å². The van der Waals surface area contributed by atoms with Crippen molar-refractivity contribution in [2.45, 2.75) is 19.7 Å². The summed E-state index contributed by atoms with van der Waals surface area (Å²) in [7, 11) is 1.74. The molecule has 138 valence electrons. The molecule has 27 heavy (non-hydrogen) atoms. The molecule has 0 saturated heterocycles. The smallest absolute Gasteiger partial charge is 0.213 e. The number of hydrogen-bond donors (Lipinski definition) is 2. The van der Waals surface area contributed by atoms with Crippen molar-refractivity contribution >= 4 is 5.96 Å². The fourth-order valence-corrected chi connectivity index (χ4v) is 2.45. The molecule has 0 aliphatic carbocycles. The first-order valence-corrected chi connectivity index (χ1v) is 8.79. The van der Waals surface area contributed by atoms with Gasteiger partial charge in [-0.3, -0.25) is 9.98 Å². The maximum atomic E-state index is 5.78. The average molecular weight is 361 g/mol. The van der Waals surface area contributed by atoms with E-state index in [0.29, 0.717) is 31.5 Å². The van der Waals surface area contributed by atoms with Crippen LogP contribution in [0.15, 0.2) is 78.0 Å². The Kier molecular flexibility index (Phi) is 6.75.